The molecule has 4 rings (SSSR count). The Bertz CT molecular complexity index is 646. The fourth-order valence-electron chi connectivity index (χ4n) is 5.10. The lowest BCUT2D eigenvalue weighted by atomic mass is 9.70. The molecule has 0 bridgehead atoms. The van der Waals surface area contributed by atoms with Gasteiger partial charge in [-0.25, -0.2) is 0 Å². The number of ether oxygens (including phenoxy) is 1. The second kappa shape index (κ2) is 8.75. The molecule has 0 aliphatic heterocycles. The molecular formula is C25H32O. The molecule has 0 amide bonds. The van der Waals surface area contributed by atoms with E-state index in [1.165, 1.54) is 68.9 Å². The largest absolute Gasteiger partial charge is 0.489 e. The van der Waals surface area contributed by atoms with Crippen LogP contribution in [0.25, 0.3) is 0 Å². The molecular weight excluding hydrogens is 316 g/mol. The lowest BCUT2D eigenvalue weighted by Crippen LogP contribution is -2.23. The Kier molecular flexibility index (Phi) is 5.94. The van der Waals surface area contributed by atoms with Gasteiger partial charge in [-0.2, -0.15) is 0 Å². The van der Waals surface area contributed by atoms with Gasteiger partial charge in [0, 0.05) is 0 Å². The van der Waals surface area contributed by atoms with E-state index in [4.69, 9.17) is 4.74 Å². The van der Waals surface area contributed by atoms with Crippen LogP contribution in [0.4, 0.5) is 0 Å². The summed E-state index contributed by atoms with van der Waals surface area (Å²) in [6, 6.07) is 19.3. The van der Waals surface area contributed by atoms with Gasteiger partial charge < -0.3 is 4.74 Å². The maximum Gasteiger partial charge on any atom is 0.119 e. The molecule has 2 aliphatic carbocycles. The van der Waals surface area contributed by atoms with E-state index in [2.05, 4.69) is 24.3 Å². The van der Waals surface area contributed by atoms with Crippen molar-refractivity contribution in [1.82, 2.24) is 0 Å². The minimum absolute atomic E-state index is 0.652. The second-order valence-electron chi connectivity index (χ2n) is 8.35. The van der Waals surface area contributed by atoms with Crippen LogP contribution in [-0.4, -0.2) is 0 Å². The van der Waals surface area contributed by atoms with Crippen LogP contribution in [0, 0.1) is 11.8 Å². The van der Waals surface area contributed by atoms with Crippen molar-refractivity contribution in [2.24, 2.45) is 11.8 Å². The van der Waals surface area contributed by atoms with E-state index < -0.39 is 0 Å². The van der Waals surface area contributed by atoms with E-state index in [9.17, 15) is 0 Å². The summed E-state index contributed by atoms with van der Waals surface area (Å²) in [5, 5.41) is 0. The highest BCUT2D eigenvalue weighted by atomic mass is 16.5. The normalized spacial score (nSPS) is 24.3. The molecule has 1 heteroatoms. The number of hydrogen-bond donors (Lipinski definition) is 0. The van der Waals surface area contributed by atoms with E-state index in [1.54, 1.807) is 0 Å². The molecule has 0 unspecified atom stereocenters. The highest BCUT2D eigenvalue weighted by Gasteiger charge is 2.28. The smallest absolute Gasteiger partial charge is 0.119 e. The number of para-hydroxylation sites is 1. The molecule has 0 spiro atoms. The van der Waals surface area contributed by atoms with Gasteiger partial charge >= 0.3 is 0 Å². The van der Waals surface area contributed by atoms with Crippen LogP contribution >= 0.6 is 0 Å². The molecule has 0 aromatic heterocycles. The Morgan fingerprint density at radius 2 is 1.31 bits per heavy atom. The van der Waals surface area contributed by atoms with Gasteiger partial charge in [-0.15, -0.1) is 0 Å². The van der Waals surface area contributed by atoms with Crippen molar-refractivity contribution in [1.29, 1.82) is 0 Å². The van der Waals surface area contributed by atoms with Gasteiger partial charge in [0.2, 0.25) is 0 Å². The summed E-state index contributed by atoms with van der Waals surface area (Å²) < 4.78 is 5.86. The molecule has 0 saturated heterocycles. The average Bonchev–Trinajstić information content (AvgIpc) is 2.74. The van der Waals surface area contributed by atoms with Crippen LogP contribution in [0.1, 0.15) is 74.8 Å². The van der Waals surface area contributed by atoms with Gasteiger partial charge in [0.15, 0.2) is 0 Å². The fourth-order valence-corrected chi connectivity index (χ4v) is 5.10. The zero-order chi connectivity index (χ0) is 17.6. The Morgan fingerprint density at radius 1 is 0.654 bits per heavy atom. The third-order valence-corrected chi connectivity index (χ3v) is 6.69. The summed E-state index contributed by atoms with van der Waals surface area (Å²) in [5.74, 6) is 3.78. The van der Waals surface area contributed by atoms with Crippen molar-refractivity contribution in [2.75, 3.05) is 0 Å². The summed E-state index contributed by atoms with van der Waals surface area (Å²) in [7, 11) is 0. The number of hydrogen-bond acceptors (Lipinski definition) is 1. The second-order valence-corrected chi connectivity index (χ2v) is 8.35. The highest BCUT2D eigenvalue weighted by Crippen LogP contribution is 2.42. The maximum absolute atomic E-state index is 5.86. The molecule has 0 radical (unpaired) electrons. The molecule has 0 heterocycles. The van der Waals surface area contributed by atoms with Crippen molar-refractivity contribution in [3.8, 4) is 5.75 Å². The first-order valence-electron chi connectivity index (χ1n) is 10.6. The first-order chi connectivity index (χ1) is 12.9. The lowest BCUT2D eigenvalue weighted by molar-refractivity contribution is 0.186. The molecule has 2 aromatic carbocycles. The average molecular weight is 349 g/mol. The monoisotopic (exact) mass is 348 g/mol. The van der Waals surface area contributed by atoms with Crippen LogP contribution in [-0.2, 0) is 6.61 Å². The predicted molar refractivity (Wildman–Crippen MR) is 108 cm³/mol. The number of benzene rings is 2. The molecule has 138 valence electrons. The Labute approximate surface area is 158 Å². The van der Waals surface area contributed by atoms with Crippen molar-refractivity contribution >= 4 is 0 Å². The van der Waals surface area contributed by atoms with Crippen molar-refractivity contribution in [2.45, 2.75) is 70.3 Å². The summed E-state index contributed by atoms with van der Waals surface area (Å²) in [6.07, 6.45) is 13.1. The summed E-state index contributed by atoms with van der Waals surface area (Å²) in [6.45, 7) is 0.652. The molecule has 0 N–H and O–H groups in total. The van der Waals surface area contributed by atoms with E-state index in [0.29, 0.717) is 6.61 Å². The molecule has 26 heavy (non-hydrogen) atoms. The summed E-state index contributed by atoms with van der Waals surface area (Å²) >= 11 is 0. The van der Waals surface area contributed by atoms with E-state index >= 15 is 0 Å². The van der Waals surface area contributed by atoms with Gasteiger partial charge in [0.05, 0.1) is 0 Å². The zero-order valence-electron chi connectivity index (χ0n) is 15.9. The quantitative estimate of drug-likeness (QED) is 0.559. The number of rotatable bonds is 5. The van der Waals surface area contributed by atoms with Gasteiger partial charge in [-0.3, -0.25) is 0 Å². The van der Waals surface area contributed by atoms with Crippen LogP contribution in [0.3, 0.4) is 0 Å². The van der Waals surface area contributed by atoms with Gasteiger partial charge in [-0.1, -0.05) is 74.6 Å². The molecule has 2 aliphatic rings. The standard InChI is InChI=1S/C25H32O/c1-3-7-21(8-4-1)23-15-17-24(18-16-23)22-13-11-20(12-14-22)19-26-25-9-5-2-6-10-25/h2,5-6,9-14,21,23-24H,1,3-4,7-8,15-19H2. The first kappa shape index (κ1) is 17.6. The van der Waals surface area contributed by atoms with Crippen LogP contribution in [0.15, 0.2) is 54.6 Å². The first-order valence-corrected chi connectivity index (χ1v) is 10.6. The minimum atomic E-state index is 0.652. The van der Waals surface area contributed by atoms with Gasteiger partial charge in [0.1, 0.15) is 12.4 Å². The van der Waals surface area contributed by atoms with Crippen molar-refractivity contribution in [3.63, 3.8) is 0 Å². The van der Waals surface area contributed by atoms with Crippen molar-refractivity contribution in [3.05, 3.63) is 65.7 Å². The van der Waals surface area contributed by atoms with Crippen LogP contribution in [0.5, 0.6) is 5.75 Å². The maximum atomic E-state index is 5.86. The van der Waals surface area contributed by atoms with Gasteiger partial charge in [0.25, 0.3) is 0 Å². The fraction of sp³-hybridized carbons (Fsp3) is 0.520. The Balaban J connectivity index is 1.27. The summed E-state index contributed by atoms with van der Waals surface area (Å²) in [5.41, 5.74) is 2.80. The zero-order valence-corrected chi connectivity index (χ0v) is 15.9. The minimum Gasteiger partial charge on any atom is -0.489 e. The van der Waals surface area contributed by atoms with Crippen LogP contribution < -0.4 is 4.74 Å². The SMILES string of the molecule is c1ccc(OCc2ccc(C3CCC(C4CCCCC4)CC3)cc2)cc1. The summed E-state index contributed by atoms with van der Waals surface area (Å²) in [4.78, 5) is 0. The van der Waals surface area contributed by atoms with E-state index in [0.717, 1.165) is 23.5 Å². The topological polar surface area (TPSA) is 9.23 Å². The lowest BCUT2D eigenvalue weighted by Gasteiger charge is -2.36. The molecule has 2 aromatic rings. The molecule has 2 saturated carbocycles. The molecule has 1 nitrogen and oxygen atoms in total. The molecule has 2 fully saturated rings. The third-order valence-electron chi connectivity index (χ3n) is 6.69. The van der Waals surface area contributed by atoms with E-state index in [1.807, 2.05) is 30.3 Å². The Hall–Kier alpha value is -1.76. The van der Waals surface area contributed by atoms with Crippen molar-refractivity contribution < 1.29 is 4.74 Å². The third kappa shape index (κ3) is 4.50. The van der Waals surface area contributed by atoms with Crippen LogP contribution in [0.2, 0.25) is 0 Å². The Morgan fingerprint density at radius 3 is 2.00 bits per heavy atom. The van der Waals surface area contributed by atoms with E-state index in [-0.39, 0.29) is 0 Å². The highest BCUT2D eigenvalue weighted by molar-refractivity contribution is 5.27. The molecule has 0 atom stereocenters. The van der Waals surface area contributed by atoms with Gasteiger partial charge in [-0.05, 0) is 66.7 Å². The predicted octanol–water partition coefficient (Wildman–Crippen LogP) is 7.12.